The van der Waals surface area contributed by atoms with Gasteiger partial charge in [0.15, 0.2) is 0 Å². The highest BCUT2D eigenvalue weighted by molar-refractivity contribution is 5.03. The first-order chi connectivity index (χ1) is 6.73. The summed E-state index contributed by atoms with van der Waals surface area (Å²) in [4.78, 5) is 0. The van der Waals surface area contributed by atoms with Gasteiger partial charge in [-0.2, -0.15) is 0 Å². The molecular weight excluding hydrogens is 180 g/mol. The van der Waals surface area contributed by atoms with E-state index in [2.05, 4.69) is 0 Å². The number of ether oxygens (including phenoxy) is 2. The van der Waals surface area contributed by atoms with E-state index in [0.717, 1.165) is 19.3 Å². The van der Waals surface area contributed by atoms with E-state index in [4.69, 9.17) is 20.9 Å². The third-order valence-electron chi connectivity index (χ3n) is 3.48. The third kappa shape index (κ3) is 1.80. The van der Waals surface area contributed by atoms with Gasteiger partial charge in [-0.3, -0.25) is 0 Å². The molecular formula is C10H20N2O2. The van der Waals surface area contributed by atoms with Crippen LogP contribution in [0.15, 0.2) is 0 Å². The molecule has 0 radical (unpaired) electrons. The van der Waals surface area contributed by atoms with Crippen molar-refractivity contribution in [2.45, 2.75) is 43.4 Å². The quantitative estimate of drug-likeness (QED) is 0.625. The van der Waals surface area contributed by atoms with Crippen molar-refractivity contribution in [3.05, 3.63) is 0 Å². The first-order valence-electron chi connectivity index (χ1n) is 5.47. The third-order valence-corrected chi connectivity index (χ3v) is 3.48. The maximum absolute atomic E-state index is 6.35. The van der Waals surface area contributed by atoms with Crippen molar-refractivity contribution in [2.24, 2.45) is 11.5 Å². The Hall–Kier alpha value is -0.160. The van der Waals surface area contributed by atoms with Gasteiger partial charge in [0.2, 0.25) is 0 Å². The maximum Gasteiger partial charge on any atom is 0.100 e. The summed E-state index contributed by atoms with van der Waals surface area (Å²) in [5.74, 6) is 0. The molecule has 0 spiro atoms. The molecule has 1 heterocycles. The molecule has 14 heavy (non-hydrogen) atoms. The molecule has 2 rings (SSSR count). The van der Waals surface area contributed by atoms with Crippen LogP contribution in [0.2, 0.25) is 0 Å². The van der Waals surface area contributed by atoms with Crippen molar-refractivity contribution >= 4 is 0 Å². The lowest BCUT2D eigenvalue weighted by Gasteiger charge is -2.45. The molecule has 0 aromatic rings. The van der Waals surface area contributed by atoms with Crippen molar-refractivity contribution in [3.8, 4) is 0 Å². The average Bonchev–Trinajstić information content (AvgIpc) is 2.24. The van der Waals surface area contributed by atoms with Crippen LogP contribution in [-0.2, 0) is 9.47 Å². The van der Waals surface area contributed by atoms with Crippen LogP contribution in [0, 0.1) is 0 Å². The van der Waals surface area contributed by atoms with Crippen molar-refractivity contribution in [1.82, 2.24) is 0 Å². The molecule has 4 nitrogen and oxygen atoms in total. The highest BCUT2D eigenvalue weighted by atomic mass is 16.6. The first-order valence-corrected chi connectivity index (χ1v) is 5.47. The molecule has 3 atom stereocenters. The van der Waals surface area contributed by atoms with E-state index >= 15 is 0 Å². The van der Waals surface area contributed by atoms with E-state index in [0.29, 0.717) is 19.8 Å². The van der Waals surface area contributed by atoms with E-state index in [1.165, 1.54) is 6.42 Å². The molecule has 4 heteroatoms. The van der Waals surface area contributed by atoms with E-state index < -0.39 is 0 Å². The van der Waals surface area contributed by atoms with Crippen LogP contribution in [0.25, 0.3) is 0 Å². The smallest absolute Gasteiger partial charge is 0.100 e. The van der Waals surface area contributed by atoms with Crippen LogP contribution in [0.3, 0.4) is 0 Å². The SMILES string of the molecule is NC1CCCCC1(N)C1COCCO1. The summed E-state index contributed by atoms with van der Waals surface area (Å²) in [5.41, 5.74) is 12.1. The minimum atomic E-state index is -0.362. The average molecular weight is 200 g/mol. The second-order valence-electron chi connectivity index (χ2n) is 4.40. The Balaban J connectivity index is 2.03. The molecule has 0 aromatic heterocycles. The predicted molar refractivity (Wildman–Crippen MR) is 53.9 cm³/mol. The fraction of sp³-hybridized carbons (Fsp3) is 1.00. The summed E-state index contributed by atoms with van der Waals surface area (Å²) < 4.78 is 11.0. The zero-order valence-corrected chi connectivity index (χ0v) is 8.58. The largest absolute Gasteiger partial charge is 0.376 e. The number of hydrogen-bond donors (Lipinski definition) is 2. The number of rotatable bonds is 1. The molecule has 4 N–H and O–H groups in total. The van der Waals surface area contributed by atoms with Gasteiger partial charge in [0.05, 0.1) is 25.4 Å². The molecule has 82 valence electrons. The predicted octanol–water partition coefficient (Wildman–Crippen LogP) is 0.000600. The molecule has 1 saturated heterocycles. The highest BCUT2D eigenvalue weighted by Crippen LogP contribution is 2.30. The van der Waals surface area contributed by atoms with Gasteiger partial charge in [0.25, 0.3) is 0 Å². The van der Waals surface area contributed by atoms with Gasteiger partial charge < -0.3 is 20.9 Å². The highest BCUT2D eigenvalue weighted by Gasteiger charge is 2.43. The number of nitrogens with two attached hydrogens (primary N) is 2. The second-order valence-corrected chi connectivity index (χ2v) is 4.40. The summed E-state index contributed by atoms with van der Waals surface area (Å²) >= 11 is 0. The van der Waals surface area contributed by atoms with Gasteiger partial charge >= 0.3 is 0 Å². The molecule has 2 fully saturated rings. The Bertz CT molecular complexity index is 195. The molecule has 2 aliphatic rings. The standard InChI is InChI=1S/C10H20N2O2/c11-8-3-1-2-4-10(8,12)9-7-13-5-6-14-9/h8-9H,1-7,11-12H2. The summed E-state index contributed by atoms with van der Waals surface area (Å²) in [6, 6.07) is 0.0583. The van der Waals surface area contributed by atoms with Gasteiger partial charge in [-0.05, 0) is 12.8 Å². The van der Waals surface area contributed by atoms with Gasteiger partial charge in [-0.25, -0.2) is 0 Å². The van der Waals surface area contributed by atoms with Crippen molar-refractivity contribution in [1.29, 1.82) is 0 Å². The Kier molecular flexibility index (Phi) is 3.07. The summed E-state index contributed by atoms with van der Waals surface area (Å²) in [7, 11) is 0. The van der Waals surface area contributed by atoms with E-state index in [1.54, 1.807) is 0 Å². The normalized spacial score (nSPS) is 45.0. The zero-order valence-electron chi connectivity index (χ0n) is 8.58. The van der Waals surface area contributed by atoms with Crippen molar-refractivity contribution in [2.75, 3.05) is 19.8 Å². The molecule has 0 aromatic carbocycles. The minimum absolute atomic E-state index is 0.00782. The topological polar surface area (TPSA) is 70.5 Å². The molecule has 0 amide bonds. The Morgan fingerprint density at radius 2 is 2.07 bits per heavy atom. The van der Waals surface area contributed by atoms with Crippen molar-refractivity contribution < 1.29 is 9.47 Å². The fourth-order valence-electron chi connectivity index (χ4n) is 2.45. The van der Waals surface area contributed by atoms with Crippen LogP contribution in [0.1, 0.15) is 25.7 Å². The van der Waals surface area contributed by atoms with Crippen LogP contribution < -0.4 is 11.5 Å². The van der Waals surface area contributed by atoms with E-state index in [-0.39, 0.29) is 17.7 Å². The van der Waals surface area contributed by atoms with Crippen molar-refractivity contribution in [3.63, 3.8) is 0 Å². The Morgan fingerprint density at radius 3 is 2.71 bits per heavy atom. The summed E-state index contributed by atoms with van der Waals surface area (Å²) in [6.45, 7) is 1.93. The van der Waals surface area contributed by atoms with Crippen LogP contribution in [-0.4, -0.2) is 37.5 Å². The summed E-state index contributed by atoms with van der Waals surface area (Å²) in [5, 5.41) is 0. The molecule has 1 saturated carbocycles. The number of hydrogen-bond acceptors (Lipinski definition) is 4. The van der Waals surface area contributed by atoms with Crippen LogP contribution in [0.5, 0.6) is 0 Å². The lowest BCUT2D eigenvalue weighted by atomic mass is 9.75. The lowest BCUT2D eigenvalue weighted by molar-refractivity contribution is -0.126. The lowest BCUT2D eigenvalue weighted by Crippen LogP contribution is -2.66. The molecule has 1 aliphatic carbocycles. The zero-order chi connectivity index (χ0) is 10.0. The van der Waals surface area contributed by atoms with Crippen LogP contribution >= 0.6 is 0 Å². The van der Waals surface area contributed by atoms with Crippen LogP contribution in [0.4, 0.5) is 0 Å². The second kappa shape index (κ2) is 4.14. The van der Waals surface area contributed by atoms with Gasteiger partial charge in [-0.1, -0.05) is 12.8 Å². The summed E-state index contributed by atoms with van der Waals surface area (Å²) in [6.07, 6.45) is 4.31. The monoisotopic (exact) mass is 200 g/mol. The van der Waals surface area contributed by atoms with Gasteiger partial charge in [0.1, 0.15) is 6.10 Å². The van der Waals surface area contributed by atoms with Gasteiger partial charge in [-0.15, -0.1) is 0 Å². The Morgan fingerprint density at radius 1 is 1.21 bits per heavy atom. The maximum atomic E-state index is 6.35. The van der Waals surface area contributed by atoms with E-state index in [9.17, 15) is 0 Å². The minimum Gasteiger partial charge on any atom is -0.376 e. The fourth-order valence-corrected chi connectivity index (χ4v) is 2.45. The molecule has 3 unspecified atom stereocenters. The molecule has 1 aliphatic heterocycles. The van der Waals surface area contributed by atoms with E-state index in [1.807, 2.05) is 0 Å². The molecule has 0 bridgehead atoms. The van der Waals surface area contributed by atoms with Gasteiger partial charge in [0, 0.05) is 6.04 Å². The first kappa shape index (κ1) is 10.4. The Labute approximate surface area is 84.9 Å².